The van der Waals surface area contributed by atoms with Crippen LogP contribution in [0, 0.1) is 0 Å². The summed E-state index contributed by atoms with van der Waals surface area (Å²) in [5.41, 5.74) is -0.395. The number of β-amino-alcohol motifs (C(OH)–C–C–N with tert-alkyl or cyclic N) is 1. The van der Waals surface area contributed by atoms with E-state index >= 15 is 0 Å². The standard InChI is InChI=1S/C16H27N5O/c1-20(2)15-10-14(17-12-18-15)19-13-4-8-21(9-5-13)11-16(22)6-3-7-16/h10,12-13,22H,3-9,11H2,1-2H3,(H,17,18,19). The fourth-order valence-electron chi connectivity index (χ4n) is 3.27. The lowest BCUT2D eigenvalue weighted by Gasteiger charge is -2.43. The van der Waals surface area contributed by atoms with Gasteiger partial charge in [0.25, 0.3) is 0 Å². The molecule has 1 aromatic rings. The maximum Gasteiger partial charge on any atom is 0.133 e. The van der Waals surface area contributed by atoms with Crippen LogP contribution in [0.5, 0.6) is 0 Å². The average molecular weight is 305 g/mol. The lowest BCUT2D eigenvalue weighted by molar-refractivity contribution is -0.0618. The molecular formula is C16H27N5O. The number of hydrogen-bond donors (Lipinski definition) is 2. The van der Waals surface area contributed by atoms with Crippen LogP contribution in [0.3, 0.4) is 0 Å². The Kier molecular flexibility index (Phi) is 4.49. The third-order valence-corrected chi connectivity index (χ3v) is 4.85. The van der Waals surface area contributed by atoms with Crippen LogP contribution in [0.25, 0.3) is 0 Å². The highest BCUT2D eigenvalue weighted by molar-refractivity contribution is 5.47. The second-order valence-electron chi connectivity index (χ2n) is 6.93. The van der Waals surface area contributed by atoms with Crippen molar-refractivity contribution in [1.29, 1.82) is 0 Å². The molecule has 2 heterocycles. The Bertz CT molecular complexity index is 495. The molecule has 6 heteroatoms. The van der Waals surface area contributed by atoms with Gasteiger partial charge in [-0.2, -0.15) is 0 Å². The van der Waals surface area contributed by atoms with Gasteiger partial charge in [-0.25, -0.2) is 9.97 Å². The van der Waals surface area contributed by atoms with Crippen LogP contribution < -0.4 is 10.2 Å². The van der Waals surface area contributed by atoms with Gasteiger partial charge in [-0.1, -0.05) is 0 Å². The second kappa shape index (κ2) is 6.38. The molecule has 3 rings (SSSR count). The molecule has 1 aromatic heterocycles. The van der Waals surface area contributed by atoms with Crippen LogP contribution in [0.2, 0.25) is 0 Å². The number of hydrogen-bond acceptors (Lipinski definition) is 6. The van der Waals surface area contributed by atoms with Gasteiger partial charge in [-0.3, -0.25) is 0 Å². The average Bonchev–Trinajstić information content (AvgIpc) is 2.48. The van der Waals surface area contributed by atoms with Crippen molar-refractivity contribution in [2.24, 2.45) is 0 Å². The zero-order valence-corrected chi connectivity index (χ0v) is 13.6. The van der Waals surface area contributed by atoms with Gasteiger partial charge in [0.05, 0.1) is 5.60 Å². The Balaban J connectivity index is 1.48. The Labute approximate surface area is 132 Å². The molecule has 2 aliphatic rings. The van der Waals surface area contributed by atoms with Gasteiger partial charge >= 0.3 is 0 Å². The summed E-state index contributed by atoms with van der Waals surface area (Å²) in [6.45, 7) is 2.94. The molecular weight excluding hydrogens is 278 g/mol. The summed E-state index contributed by atoms with van der Waals surface area (Å²) in [5, 5.41) is 13.8. The number of anilines is 2. The molecule has 1 aliphatic carbocycles. The van der Waals surface area contributed by atoms with Crippen molar-refractivity contribution >= 4 is 11.6 Å². The van der Waals surface area contributed by atoms with Crippen LogP contribution in [0.4, 0.5) is 11.6 Å². The van der Waals surface area contributed by atoms with Gasteiger partial charge < -0.3 is 20.2 Å². The summed E-state index contributed by atoms with van der Waals surface area (Å²) >= 11 is 0. The quantitative estimate of drug-likeness (QED) is 0.856. The van der Waals surface area contributed by atoms with Crippen molar-refractivity contribution in [2.75, 3.05) is 43.9 Å². The smallest absolute Gasteiger partial charge is 0.133 e. The number of likely N-dealkylation sites (tertiary alicyclic amines) is 1. The highest BCUT2D eigenvalue weighted by Crippen LogP contribution is 2.33. The van der Waals surface area contributed by atoms with E-state index in [-0.39, 0.29) is 0 Å². The summed E-state index contributed by atoms with van der Waals surface area (Å²) < 4.78 is 0. The van der Waals surface area contributed by atoms with Crippen LogP contribution in [0.1, 0.15) is 32.1 Å². The van der Waals surface area contributed by atoms with Crippen LogP contribution in [-0.4, -0.2) is 65.3 Å². The van der Waals surface area contributed by atoms with E-state index in [4.69, 9.17) is 0 Å². The molecule has 0 aromatic carbocycles. The lowest BCUT2D eigenvalue weighted by Crippen LogP contribution is -2.51. The van der Waals surface area contributed by atoms with Gasteiger partial charge in [-0.05, 0) is 32.1 Å². The lowest BCUT2D eigenvalue weighted by atomic mass is 9.79. The predicted octanol–water partition coefficient (Wildman–Crippen LogP) is 1.33. The summed E-state index contributed by atoms with van der Waals surface area (Å²) in [7, 11) is 3.96. The molecule has 0 bridgehead atoms. The molecule has 0 unspecified atom stereocenters. The highest BCUT2D eigenvalue weighted by atomic mass is 16.3. The minimum absolute atomic E-state index is 0.395. The third-order valence-electron chi connectivity index (χ3n) is 4.85. The summed E-state index contributed by atoms with van der Waals surface area (Å²) in [6.07, 6.45) is 6.92. The fraction of sp³-hybridized carbons (Fsp3) is 0.750. The van der Waals surface area contributed by atoms with E-state index in [2.05, 4.69) is 20.2 Å². The maximum atomic E-state index is 10.3. The number of nitrogens with zero attached hydrogens (tertiary/aromatic N) is 4. The number of aliphatic hydroxyl groups is 1. The number of rotatable bonds is 5. The topological polar surface area (TPSA) is 64.5 Å². The molecule has 6 nitrogen and oxygen atoms in total. The van der Waals surface area contributed by atoms with Crippen LogP contribution in [0.15, 0.2) is 12.4 Å². The normalized spacial score (nSPS) is 22.1. The van der Waals surface area contributed by atoms with E-state index in [9.17, 15) is 5.11 Å². The summed E-state index contributed by atoms with van der Waals surface area (Å²) in [4.78, 5) is 12.9. The Morgan fingerprint density at radius 3 is 2.64 bits per heavy atom. The molecule has 2 fully saturated rings. The number of aromatic nitrogens is 2. The van der Waals surface area contributed by atoms with Crippen molar-refractivity contribution in [1.82, 2.24) is 14.9 Å². The van der Waals surface area contributed by atoms with Crippen molar-refractivity contribution < 1.29 is 5.11 Å². The molecule has 0 spiro atoms. The van der Waals surface area contributed by atoms with Gasteiger partial charge in [0.2, 0.25) is 0 Å². The molecule has 0 radical (unpaired) electrons. The molecule has 122 valence electrons. The van der Waals surface area contributed by atoms with E-state index in [0.29, 0.717) is 6.04 Å². The number of nitrogens with one attached hydrogen (secondary N) is 1. The largest absolute Gasteiger partial charge is 0.389 e. The van der Waals surface area contributed by atoms with Crippen LogP contribution in [-0.2, 0) is 0 Å². The van der Waals surface area contributed by atoms with E-state index < -0.39 is 5.60 Å². The van der Waals surface area contributed by atoms with Crippen molar-refractivity contribution in [3.8, 4) is 0 Å². The van der Waals surface area contributed by atoms with Crippen molar-refractivity contribution in [3.05, 3.63) is 12.4 Å². The second-order valence-corrected chi connectivity index (χ2v) is 6.93. The summed E-state index contributed by atoms with van der Waals surface area (Å²) in [5.74, 6) is 1.82. The van der Waals surface area contributed by atoms with Gasteiger partial charge in [-0.15, -0.1) is 0 Å². The van der Waals surface area contributed by atoms with Crippen molar-refractivity contribution in [3.63, 3.8) is 0 Å². The van der Waals surface area contributed by atoms with Crippen molar-refractivity contribution in [2.45, 2.75) is 43.7 Å². The van der Waals surface area contributed by atoms with E-state index in [0.717, 1.165) is 57.0 Å². The predicted molar refractivity (Wildman–Crippen MR) is 88.2 cm³/mol. The first-order chi connectivity index (χ1) is 10.5. The first-order valence-corrected chi connectivity index (χ1v) is 8.25. The van der Waals surface area contributed by atoms with Gasteiger partial charge in [0.1, 0.15) is 18.0 Å². The first-order valence-electron chi connectivity index (χ1n) is 8.25. The SMILES string of the molecule is CN(C)c1cc(NC2CCN(CC3(O)CCC3)CC2)ncn1. The zero-order chi connectivity index (χ0) is 15.6. The third kappa shape index (κ3) is 3.67. The molecule has 1 saturated carbocycles. The molecule has 2 N–H and O–H groups in total. The first kappa shape index (κ1) is 15.5. The number of piperidine rings is 1. The minimum Gasteiger partial charge on any atom is -0.389 e. The highest BCUT2D eigenvalue weighted by Gasteiger charge is 2.36. The Morgan fingerprint density at radius 2 is 2.05 bits per heavy atom. The Morgan fingerprint density at radius 1 is 1.32 bits per heavy atom. The van der Waals surface area contributed by atoms with E-state index in [1.807, 2.05) is 25.1 Å². The Hall–Kier alpha value is -1.40. The maximum absolute atomic E-state index is 10.3. The van der Waals surface area contributed by atoms with E-state index in [1.165, 1.54) is 6.42 Å². The molecule has 0 amide bonds. The molecule has 1 saturated heterocycles. The molecule has 1 aliphatic heterocycles. The molecule has 22 heavy (non-hydrogen) atoms. The van der Waals surface area contributed by atoms with Gasteiger partial charge in [0.15, 0.2) is 0 Å². The van der Waals surface area contributed by atoms with E-state index in [1.54, 1.807) is 6.33 Å². The van der Waals surface area contributed by atoms with Crippen LogP contribution >= 0.6 is 0 Å². The minimum atomic E-state index is -0.395. The van der Waals surface area contributed by atoms with Gasteiger partial charge in [0, 0.05) is 45.8 Å². The fourth-order valence-corrected chi connectivity index (χ4v) is 3.27. The monoisotopic (exact) mass is 305 g/mol. The summed E-state index contributed by atoms with van der Waals surface area (Å²) in [6, 6.07) is 2.45. The zero-order valence-electron chi connectivity index (χ0n) is 13.6. The molecule has 0 atom stereocenters.